The molecule has 8 heteroatoms. The standard InChI is InChI=1S/C21H34FN5S.HI/c1-23-21(25-17-8-9-18(16-17)28-2)24-10-5-11-26-12-14-27(15-13-26)20-7-4-3-6-19(20)22;/h3-4,6-7,17-18H,5,8-16H2,1-2H3,(H2,23,24,25);1H. The molecule has 2 N–H and O–H groups in total. The summed E-state index contributed by atoms with van der Waals surface area (Å²) >= 11 is 1.98. The van der Waals surface area contributed by atoms with E-state index in [-0.39, 0.29) is 29.8 Å². The first-order valence-electron chi connectivity index (χ1n) is 10.4. The second-order valence-electron chi connectivity index (χ2n) is 7.64. The Hall–Kier alpha value is -0.740. The van der Waals surface area contributed by atoms with E-state index < -0.39 is 0 Å². The number of piperazine rings is 1. The quantitative estimate of drug-likeness (QED) is 0.243. The Labute approximate surface area is 196 Å². The van der Waals surface area contributed by atoms with Gasteiger partial charge in [0.1, 0.15) is 5.82 Å². The number of benzene rings is 1. The average Bonchev–Trinajstić information content (AvgIpc) is 3.19. The van der Waals surface area contributed by atoms with Crippen LogP contribution in [0.3, 0.4) is 0 Å². The predicted octanol–water partition coefficient (Wildman–Crippen LogP) is 3.40. The van der Waals surface area contributed by atoms with Gasteiger partial charge in [-0.1, -0.05) is 12.1 Å². The first kappa shape index (κ1) is 24.5. The summed E-state index contributed by atoms with van der Waals surface area (Å²) in [5.41, 5.74) is 0.731. The van der Waals surface area contributed by atoms with Gasteiger partial charge in [-0.2, -0.15) is 11.8 Å². The Balaban J connectivity index is 0.00000300. The van der Waals surface area contributed by atoms with Crippen LogP contribution in [-0.2, 0) is 0 Å². The van der Waals surface area contributed by atoms with E-state index in [9.17, 15) is 4.39 Å². The van der Waals surface area contributed by atoms with Crippen LogP contribution in [0.25, 0.3) is 0 Å². The number of guanidine groups is 1. The van der Waals surface area contributed by atoms with Gasteiger partial charge in [0.05, 0.1) is 5.69 Å². The lowest BCUT2D eigenvalue weighted by molar-refractivity contribution is 0.254. The topological polar surface area (TPSA) is 42.9 Å². The van der Waals surface area contributed by atoms with Gasteiger partial charge in [0.25, 0.3) is 0 Å². The summed E-state index contributed by atoms with van der Waals surface area (Å²) in [6.45, 7) is 5.73. The van der Waals surface area contributed by atoms with E-state index in [2.05, 4.69) is 31.7 Å². The van der Waals surface area contributed by atoms with Gasteiger partial charge < -0.3 is 15.5 Å². The summed E-state index contributed by atoms with van der Waals surface area (Å²) in [7, 11) is 1.85. The van der Waals surface area contributed by atoms with Gasteiger partial charge >= 0.3 is 0 Å². The lowest BCUT2D eigenvalue weighted by Gasteiger charge is -2.36. The minimum Gasteiger partial charge on any atom is -0.367 e. The molecule has 0 bridgehead atoms. The van der Waals surface area contributed by atoms with Crippen molar-refractivity contribution in [3.05, 3.63) is 30.1 Å². The molecule has 0 aromatic heterocycles. The molecule has 2 aliphatic rings. The van der Waals surface area contributed by atoms with Crippen molar-refractivity contribution in [1.29, 1.82) is 0 Å². The lowest BCUT2D eigenvalue weighted by Crippen LogP contribution is -2.47. The van der Waals surface area contributed by atoms with Gasteiger partial charge in [-0.25, -0.2) is 4.39 Å². The van der Waals surface area contributed by atoms with E-state index in [1.165, 1.54) is 19.3 Å². The van der Waals surface area contributed by atoms with E-state index in [0.717, 1.165) is 62.6 Å². The Morgan fingerprint density at radius 1 is 1.21 bits per heavy atom. The Bertz CT molecular complexity index is 639. The van der Waals surface area contributed by atoms with Crippen LogP contribution >= 0.6 is 35.7 Å². The third-order valence-electron chi connectivity index (χ3n) is 5.79. The molecule has 1 saturated heterocycles. The largest absolute Gasteiger partial charge is 0.367 e. The van der Waals surface area contributed by atoms with Gasteiger partial charge in [-0.3, -0.25) is 9.89 Å². The second-order valence-corrected chi connectivity index (χ2v) is 8.78. The Morgan fingerprint density at radius 2 is 1.97 bits per heavy atom. The zero-order valence-corrected chi connectivity index (χ0v) is 20.7. The maximum absolute atomic E-state index is 13.9. The summed E-state index contributed by atoms with van der Waals surface area (Å²) in [6, 6.07) is 7.62. The van der Waals surface area contributed by atoms with Gasteiger partial charge in [-0.05, 0) is 50.6 Å². The van der Waals surface area contributed by atoms with Crippen molar-refractivity contribution in [2.24, 2.45) is 4.99 Å². The number of nitrogens with zero attached hydrogens (tertiary/aromatic N) is 3. The fraction of sp³-hybridized carbons (Fsp3) is 0.667. The van der Waals surface area contributed by atoms with E-state index >= 15 is 0 Å². The van der Waals surface area contributed by atoms with Gasteiger partial charge in [0, 0.05) is 51.1 Å². The summed E-state index contributed by atoms with van der Waals surface area (Å²) in [5, 5.41) is 7.81. The van der Waals surface area contributed by atoms with Crippen LogP contribution in [0, 0.1) is 5.82 Å². The number of hydrogen-bond acceptors (Lipinski definition) is 4. The first-order chi connectivity index (χ1) is 13.7. The molecule has 1 heterocycles. The number of thioether (sulfide) groups is 1. The highest BCUT2D eigenvalue weighted by Crippen LogP contribution is 2.28. The highest BCUT2D eigenvalue weighted by atomic mass is 127. The molecule has 1 aromatic rings. The van der Waals surface area contributed by atoms with Crippen LogP contribution in [0.2, 0.25) is 0 Å². The van der Waals surface area contributed by atoms with Crippen molar-refractivity contribution in [1.82, 2.24) is 15.5 Å². The molecule has 0 radical (unpaired) electrons. The molecule has 1 saturated carbocycles. The third-order valence-corrected chi connectivity index (χ3v) is 6.89. The molecular formula is C21H35FIN5S. The molecule has 0 amide bonds. The molecule has 1 aliphatic heterocycles. The summed E-state index contributed by atoms with van der Waals surface area (Å²) in [4.78, 5) is 8.99. The molecule has 1 aliphatic carbocycles. The minimum absolute atomic E-state index is 0. The highest BCUT2D eigenvalue weighted by Gasteiger charge is 2.24. The molecular weight excluding hydrogens is 500 g/mol. The van der Waals surface area contributed by atoms with Crippen LogP contribution < -0.4 is 15.5 Å². The molecule has 5 nitrogen and oxygen atoms in total. The Kier molecular flexibility index (Phi) is 10.9. The summed E-state index contributed by atoms with van der Waals surface area (Å²) in [6.07, 6.45) is 7.05. The number of aliphatic imine (C=N–C) groups is 1. The van der Waals surface area contributed by atoms with Gasteiger partial charge in [-0.15, -0.1) is 24.0 Å². The average molecular weight is 536 g/mol. The van der Waals surface area contributed by atoms with E-state index in [1.54, 1.807) is 12.1 Å². The number of rotatable bonds is 7. The van der Waals surface area contributed by atoms with Crippen molar-refractivity contribution in [2.75, 3.05) is 57.5 Å². The minimum atomic E-state index is -0.120. The monoisotopic (exact) mass is 535 g/mol. The van der Waals surface area contributed by atoms with E-state index in [0.29, 0.717) is 6.04 Å². The number of para-hydroxylation sites is 1. The van der Waals surface area contributed by atoms with Crippen LogP contribution in [0.4, 0.5) is 10.1 Å². The molecule has 2 unspecified atom stereocenters. The Morgan fingerprint density at radius 3 is 2.62 bits per heavy atom. The number of hydrogen-bond donors (Lipinski definition) is 2. The van der Waals surface area contributed by atoms with E-state index in [4.69, 9.17) is 0 Å². The zero-order valence-electron chi connectivity index (χ0n) is 17.6. The molecule has 0 spiro atoms. The highest BCUT2D eigenvalue weighted by molar-refractivity contribution is 14.0. The van der Waals surface area contributed by atoms with Crippen LogP contribution in [0.5, 0.6) is 0 Å². The maximum Gasteiger partial charge on any atom is 0.191 e. The molecule has 3 rings (SSSR count). The second kappa shape index (κ2) is 12.8. The van der Waals surface area contributed by atoms with Gasteiger partial charge in [0.2, 0.25) is 0 Å². The number of anilines is 1. The van der Waals surface area contributed by atoms with Gasteiger partial charge in [0.15, 0.2) is 5.96 Å². The smallest absolute Gasteiger partial charge is 0.191 e. The molecule has 2 fully saturated rings. The lowest BCUT2D eigenvalue weighted by atomic mass is 10.2. The molecule has 1 aromatic carbocycles. The predicted molar refractivity (Wildman–Crippen MR) is 135 cm³/mol. The summed E-state index contributed by atoms with van der Waals surface area (Å²) < 4.78 is 13.9. The molecule has 29 heavy (non-hydrogen) atoms. The fourth-order valence-corrected chi connectivity index (χ4v) is 4.90. The van der Waals surface area contributed by atoms with Crippen molar-refractivity contribution in [3.63, 3.8) is 0 Å². The molecule has 2 atom stereocenters. The zero-order chi connectivity index (χ0) is 19.8. The summed E-state index contributed by atoms with van der Waals surface area (Å²) in [5.74, 6) is 0.807. The first-order valence-corrected chi connectivity index (χ1v) is 11.7. The van der Waals surface area contributed by atoms with Crippen molar-refractivity contribution in [3.8, 4) is 0 Å². The van der Waals surface area contributed by atoms with Crippen molar-refractivity contribution in [2.45, 2.75) is 37.0 Å². The maximum atomic E-state index is 13.9. The van der Waals surface area contributed by atoms with Crippen LogP contribution in [0.1, 0.15) is 25.7 Å². The van der Waals surface area contributed by atoms with Crippen LogP contribution in [0.15, 0.2) is 29.3 Å². The third kappa shape index (κ3) is 7.47. The number of nitrogens with one attached hydrogen (secondary N) is 2. The fourth-order valence-electron chi connectivity index (χ4n) is 4.10. The van der Waals surface area contributed by atoms with Crippen LogP contribution in [-0.4, -0.2) is 74.7 Å². The van der Waals surface area contributed by atoms with E-state index in [1.807, 2.05) is 30.9 Å². The number of halogens is 2. The van der Waals surface area contributed by atoms with Crippen molar-refractivity contribution >= 4 is 47.4 Å². The SMILES string of the molecule is CN=C(NCCCN1CCN(c2ccccc2F)CC1)NC1CCC(SC)C1.I. The normalized spacial score (nSPS) is 23.0. The molecule has 164 valence electrons. The van der Waals surface area contributed by atoms with Crippen molar-refractivity contribution < 1.29 is 4.39 Å².